The van der Waals surface area contributed by atoms with E-state index in [4.69, 9.17) is 9.52 Å². The van der Waals surface area contributed by atoms with Gasteiger partial charge in [-0.15, -0.1) is 0 Å². The van der Waals surface area contributed by atoms with E-state index in [1.807, 2.05) is 32.9 Å². The molecule has 1 N–H and O–H groups in total. The van der Waals surface area contributed by atoms with Crippen molar-refractivity contribution in [3.05, 3.63) is 23.7 Å². The van der Waals surface area contributed by atoms with Crippen LogP contribution in [0.1, 0.15) is 25.4 Å². The van der Waals surface area contributed by atoms with E-state index in [0.29, 0.717) is 6.42 Å². The van der Waals surface area contributed by atoms with Crippen LogP contribution < -0.4 is 0 Å². The van der Waals surface area contributed by atoms with Gasteiger partial charge in [0.2, 0.25) is 0 Å². The van der Waals surface area contributed by atoms with Gasteiger partial charge in [0, 0.05) is 6.42 Å². The van der Waals surface area contributed by atoms with Crippen LogP contribution in [-0.2, 0) is 6.42 Å². The minimum absolute atomic E-state index is 0.160. The number of aliphatic hydroxyl groups excluding tert-OH is 1. The molecule has 0 aliphatic carbocycles. The summed E-state index contributed by atoms with van der Waals surface area (Å²) in [6, 6.07) is 3.77. The standard InChI is InChI=1S/C7H10O2.C2H6/c1-6-2-3-7(9-6)4-5-8;1-2/h2-3,8H,4-5H2,1H3;1-2H3. The van der Waals surface area contributed by atoms with Crippen molar-refractivity contribution in [1.29, 1.82) is 0 Å². The maximum absolute atomic E-state index is 8.47. The van der Waals surface area contributed by atoms with Crippen molar-refractivity contribution in [3.63, 3.8) is 0 Å². The fraction of sp³-hybridized carbons (Fsp3) is 0.556. The average Bonchev–Trinajstić information content (AvgIpc) is 2.41. The van der Waals surface area contributed by atoms with Gasteiger partial charge in [0.25, 0.3) is 0 Å². The third kappa shape index (κ3) is 3.83. The molecule has 0 bridgehead atoms. The van der Waals surface area contributed by atoms with Gasteiger partial charge < -0.3 is 9.52 Å². The second-order valence-electron chi connectivity index (χ2n) is 1.99. The lowest BCUT2D eigenvalue weighted by molar-refractivity contribution is 0.287. The Kier molecular flexibility index (Phi) is 5.57. The number of furan rings is 1. The number of hydrogen-bond donors (Lipinski definition) is 1. The van der Waals surface area contributed by atoms with E-state index in [-0.39, 0.29) is 6.61 Å². The van der Waals surface area contributed by atoms with Gasteiger partial charge in [-0.25, -0.2) is 0 Å². The molecule has 0 saturated heterocycles. The van der Waals surface area contributed by atoms with Crippen LogP contribution in [0.4, 0.5) is 0 Å². The summed E-state index contributed by atoms with van der Waals surface area (Å²) in [5.41, 5.74) is 0. The highest BCUT2D eigenvalue weighted by atomic mass is 16.3. The Morgan fingerprint density at radius 1 is 1.36 bits per heavy atom. The van der Waals surface area contributed by atoms with Gasteiger partial charge in [0.15, 0.2) is 0 Å². The molecule has 1 aromatic rings. The molecule has 0 fully saturated rings. The first-order chi connectivity index (χ1) is 5.33. The fourth-order valence-corrected chi connectivity index (χ4v) is 0.730. The van der Waals surface area contributed by atoms with Crippen LogP contribution in [0.15, 0.2) is 16.5 Å². The van der Waals surface area contributed by atoms with Crippen LogP contribution in [0.2, 0.25) is 0 Å². The number of rotatable bonds is 2. The van der Waals surface area contributed by atoms with Crippen LogP contribution in [-0.4, -0.2) is 11.7 Å². The summed E-state index contributed by atoms with van der Waals surface area (Å²) < 4.78 is 5.16. The third-order valence-electron chi connectivity index (χ3n) is 1.15. The summed E-state index contributed by atoms with van der Waals surface area (Å²) >= 11 is 0. The normalized spacial score (nSPS) is 8.73. The molecule has 0 aromatic carbocycles. The van der Waals surface area contributed by atoms with Crippen molar-refractivity contribution in [2.24, 2.45) is 0 Å². The highest BCUT2D eigenvalue weighted by molar-refractivity contribution is 5.05. The number of aliphatic hydroxyl groups is 1. The van der Waals surface area contributed by atoms with Crippen molar-refractivity contribution < 1.29 is 9.52 Å². The molecule has 0 aliphatic heterocycles. The van der Waals surface area contributed by atoms with E-state index >= 15 is 0 Å². The monoisotopic (exact) mass is 156 g/mol. The summed E-state index contributed by atoms with van der Waals surface area (Å²) in [6.07, 6.45) is 0.619. The van der Waals surface area contributed by atoms with Crippen molar-refractivity contribution >= 4 is 0 Å². The predicted molar refractivity (Wildman–Crippen MR) is 45.6 cm³/mol. The van der Waals surface area contributed by atoms with E-state index in [1.165, 1.54) is 0 Å². The average molecular weight is 156 g/mol. The van der Waals surface area contributed by atoms with Gasteiger partial charge in [-0.1, -0.05) is 13.8 Å². The minimum Gasteiger partial charge on any atom is -0.466 e. The van der Waals surface area contributed by atoms with Crippen molar-refractivity contribution in [1.82, 2.24) is 0 Å². The summed E-state index contributed by atoms with van der Waals surface area (Å²) in [5.74, 6) is 1.76. The van der Waals surface area contributed by atoms with E-state index < -0.39 is 0 Å². The Morgan fingerprint density at radius 2 is 2.00 bits per heavy atom. The molecular weight excluding hydrogens is 140 g/mol. The highest BCUT2D eigenvalue weighted by Crippen LogP contribution is 2.05. The Morgan fingerprint density at radius 3 is 2.36 bits per heavy atom. The topological polar surface area (TPSA) is 33.4 Å². The molecule has 0 amide bonds. The Hall–Kier alpha value is -0.760. The van der Waals surface area contributed by atoms with Crippen LogP contribution in [0.3, 0.4) is 0 Å². The van der Waals surface area contributed by atoms with Crippen LogP contribution in [0.25, 0.3) is 0 Å². The summed E-state index contributed by atoms with van der Waals surface area (Å²) in [7, 11) is 0. The first-order valence-corrected chi connectivity index (χ1v) is 3.99. The summed E-state index contributed by atoms with van der Waals surface area (Å²) in [6.45, 7) is 6.05. The molecule has 1 rings (SSSR count). The minimum atomic E-state index is 0.160. The predicted octanol–water partition coefficient (Wildman–Crippen LogP) is 2.15. The van der Waals surface area contributed by atoms with E-state index in [0.717, 1.165) is 11.5 Å². The molecule has 0 atom stereocenters. The second-order valence-corrected chi connectivity index (χ2v) is 1.99. The van der Waals surface area contributed by atoms with Gasteiger partial charge in [0.1, 0.15) is 11.5 Å². The first kappa shape index (κ1) is 10.2. The van der Waals surface area contributed by atoms with Crippen LogP contribution in [0, 0.1) is 6.92 Å². The summed E-state index contributed by atoms with van der Waals surface area (Å²) in [4.78, 5) is 0. The smallest absolute Gasteiger partial charge is 0.106 e. The zero-order valence-corrected chi connectivity index (χ0v) is 7.42. The van der Waals surface area contributed by atoms with Crippen molar-refractivity contribution in [2.45, 2.75) is 27.2 Å². The molecule has 0 radical (unpaired) electrons. The van der Waals surface area contributed by atoms with Gasteiger partial charge in [0.05, 0.1) is 6.61 Å². The zero-order valence-electron chi connectivity index (χ0n) is 7.42. The lowest BCUT2D eigenvalue weighted by atomic mass is 10.3. The summed E-state index contributed by atoms with van der Waals surface area (Å²) in [5, 5.41) is 8.47. The lowest BCUT2D eigenvalue weighted by Crippen LogP contribution is -1.85. The Bertz CT molecular complexity index is 179. The van der Waals surface area contributed by atoms with E-state index in [9.17, 15) is 0 Å². The first-order valence-electron chi connectivity index (χ1n) is 3.99. The van der Waals surface area contributed by atoms with Gasteiger partial charge in [-0.05, 0) is 19.1 Å². The van der Waals surface area contributed by atoms with Crippen LogP contribution >= 0.6 is 0 Å². The second kappa shape index (κ2) is 5.98. The Balaban J connectivity index is 0.000000461. The zero-order chi connectivity index (χ0) is 8.69. The molecule has 0 saturated carbocycles. The maximum atomic E-state index is 8.47. The number of hydrogen-bond acceptors (Lipinski definition) is 2. The Labute approximate surface area is 67.9 Å². The fourth-order valence-electron chi connectivity index (χ4n) is 0.730. The molecule has 0 unspecified atom stereocenters. The van der Waals surface area contributed by atoms with E-state index in [1.54, 1.807) is 0 Å². The molecule has 2 nitrogen and oxygen atoms in total. The van der Waals surface area contributed by atoms with Crippen molar-refractivity contribution in [3.8, 4) is 0 Å². The molecule has 64 valence electrons. The van der Waals surface area contributed by atoms with Crippen molar-refractivity contribution in [2.75, 3.05) is 6.61 Å². The SMILES string of the molecule is CC.Cc1ccc(CCO)o1. The molecule has 11 heavy (non-hydrogen) atoms. The van der Waals surface area contributed by atoms with E-state index in [2.05, 4.69) is 0 Å². The highest BCUT2D eigenvalue weighted by Gasteiger charge is 1.94. The molecular formula is C9H16O2. The quantitative estimate of drug-likeness (QED) is 0.711. The van der Waals surface area contributed by atoms with Gasteiger partial charge in [-0.3, -0.25) is 0 Å². The molecule has 1 aromatic heterocycles. The largest absolute Gasteiger partial charge is 0.466 e. The molecule has 0 spiro atoms. The number of aryl methyl sites for hydroxylation is 1. The third-order valence-corrected chi connectivity index (χ3v) is 1.15. The molecule has 1 heterocycles. The van der Waals surface area contributed by atoms with Gasteiger partial charge in [-0.2, -0.15) is 0 Å². The van der Waals surface area contributed by atoms with Crippen LogP contribution in [0.5, 0.6) is 0 Å². The van der Waals surface area contributed by atoms with Gasteiger partial charge >= 0.3 is 0 Å². The molecule has 0 aliphatic rings. The molecule has 2 heteroatoms. The lowest BCUT2D eigenvalue weighted by Gasteiger charge is -1.87. The maximum Gasteiger partial charge on any atom is 0.106 e.